The summed E-state index contributed by atoms with van der Waals surface area (Å²) < 4.78 is 49.8. The van der Waals surface area contributed by atoms with Crippen LogP contribution in [0.1, 0.15) is 15.9 Å². The summed E-state index contributed by atoms with van der Waals surface area (Å²) >= 11 is -5.70. The fraction of sp³-hybridized carbons (Fsp3) is 0.0882. The number of aryl methyl sites for hydroxylation is 1. The second kappa shape index (κ2) is 18.1. The summed E-state index contributed by atoms with van der Waals surface area (Å²) in [6.45, 7) is 0.283. The average molecular weight is 834 g/mol. The van der Waals surface area contributed by atoms with E-state index in [2.05, 4.69) is 40.7 Å². The summed E-state index contributed by atoms with van der Waals surface area (Å²) in [5, 5.41) is 66.8. The molecule has 22 nitrogen and oxygen atoms in total. The first-order chi connectivity index (χ1) is 27.5. The third kappa shape index (κ3) is 9.94. The number of nitro groups is 1. The number of azo groups is 3. The Kier molecular flexibility index (Phi) is 13.1. The van der Waals surface area contributed by atoms with Gasteiger partial charge in [0, 0.05) is 17.1 Å². The third-order valence-corrected chi connectivity index (χ3v) is 9.11. The molecule has 0 aromatic heterocycles. The molecule has 0 bridgehead atoms. The number of hydrogen-bond donors (Lipinski definition) is 7. The van der Waals surface area contributed by atoms with Crippen LogP contribution in [0.2, 0.25) is 0 Å². The highest BCUT2D eigenvalue weighted by atomic mass is 32.2. The number of amides is 1. The Balaban J connectivity index is 1.49. The lowest BCUT2D eigenvalue weighted by Gasteiger charge is -2.14. The van der Waals surface area contributed by atoms with Crippen LogP contribution in [0.5, 0.6) is 5.75 Å². The molecule has 8 N–H and O–H groups in total. The summed E-state index contributed by atoms with van der Waals surface area (Å²) in [5.74, 6) is -4.13. The Morgan fingerprint density at radius 3 is 2.03 bits per heavy atom. The molecule has 5 aromatic rings. The van der Waals surface area contributed by atoms with Crippen LogP contribution in [0.15, 0.2) is 113 Å². The number of anilines is 2. The molecule has 0 heterocycles. The predicted octanol–water partition coefficient (Wildman–Crippen LogP) is 7.49. The van der Waals surface area contributed by atoms with Gasteiger partial charge in [-0.15, -0.1) is 15.3 Å². The van der Waals surface area contributed by atoms with Gasteiger partial charge in [-0.25, -0.2) is 18.0 Å². The number of carboxylic acid groups (broad SMARTS) is 2. The summed E-state index contributed by atoms with van der Waals surface area (Å²) in [6.07, 6.45) is 0. The van der Waals surface area contributed by atoms with Gasteiger partial charge in [-0.2, -0.15) is 15.3 Å². The molecule has 0 fully saturated rings. The number of nitrogen functional groups attached to an aromatic ring is 1. The predicted molar refractivity (Wildman–Crippen MR) is 205 cm³/mol. The number of carboxylic acids is 2. The summed E-state index contributed by atoms with van der Waals surface area (Å²) in [7, 11) is 0. The molecule has 298 valence electrons. The number of phenols is 1. The number of nitrogens with two attached hydrogens (primary N) is 1. The number of nitrogens with zero attached hydrogens (tertiary/aromatic N) is 7. The molecule has 2 unspecified atom stereocenters. The zero-order valence-corrected chi connectivity index (χ0v) is 31.0. The average Bonchev–Trinajstić information content (AvgIpc) is 3.16. The molecule has 1 amide bonds. The van der Waals surface area contributed by atoms with E-state index in [0.717, 1.165) is 24.3 Å². The van der Waals surface area contributed by atoms with Crippen LogP contribution >= 0.6 is 0 Å². The Morgan fingerprint density at radius 1 is 0.793 bits per heavy atom. The fourth-order valence-electron chi connectivity index (χ4n) is 5.04. The van der Waals surface area contributed by atoms with Gasteiger partial charge in [0.05, 0.1) is 48.4 Å². The number of carbonyl (C=O) groups is 3. The van der Waals surface area contributed by atoms with Crippen molar-refractivity contribution in [2.45, 2.75) is 16.7 Å². The van der Waals surface area contributed by atoms with Gasteiger partial charge in [0.25, 0.3) is 5.69 Å². The van der Waals surface area contributed by atoms with Gasteiger partial charge in [-0.1, -0.05) is 0 Å². The molecule has 2 atom stereocenters. The lowest BCUT2D eigenvalue weighted by molar-refractivity contribution is -0.384. The van der Waals surface area contributed by atoms with Gasteiger partial charge in [0.15, 0.2) is 33.6 Å². The van der Waals surface area contributed by atoms with Crippen LogP contribution in [-0.4, -0.2) is 68.8 Å². The van der Waals surface area contributed by atoms with Crippen LogP contribution in [0, 0.1) is 17.0 Å². The summed E-state index contributed by atoms with van der Waals surface area (Å²) in [6, 6.07) is 15.6. The van der Waals surface area contributed by atoms with E-state index in [-0.39, 0.29) is 39.1 Å². The Labute approximate surface area is 329 Å². The topological polar surface area (TPSA) is 351 Å². The molecule has 0 aliphatic heterocycles. The number of aromatic hydroxyl groups is 1. The number of nitrogens with one attached hydrogen (secondary N) is 1. The van der Waals surface area contributed by atoms with Gasteiger partial charge in [0.2, 0.25) is 5.91 Å². The second-order valence-electron chi connectivity index (χ2n) is 11.6. The molecule has 5 rings (SSSR count). The lowest BCUT2D eigenvalue weighted by Crippen LogP contribution is -2.20. The second-order valence-corrected chi connectivity index (χ2v) is 13.5. The van der Waals surface area contributed by atoms with E-state index >= 15 is 0 Å². The zero-order chi connectivity index (χ0) is 42.3. The first-order valence-corrected chi connectivity index (χ1v) is 18.2. The molecule has 24 heteroatoms. The Morgan fingerprint density at radius 2 is 1.41 bits per heavy atom. The SMILES string of the molecule is Cc1cc(N=Nc2cc(S(=O)O)c3cc(S(=O)O)c(N=Nc4ccc(NC(=O)COCC(=O)O)cc4[N+](=O)[O-])c(O)c3c2N)ccc1N=Nc1ccc(C(=O)O)cc1. The minimum Gasteiger partial charge on any atom is -0.505 e. The number of rotatable bonds is 15. The van der Waals surface area contributed by atoms with E-state index in [1.807, 2.05) is 0 Å². The maximum absolute atomic E-state index is 12.5. The van der Waals surface area contributed by atoms with Gasteiger partial charge in [-0.3, -0.25) is 14.9 Å². The van der Waals surface area contributed by atoms with E-state index in [1.54, 1.807) is 19.1 Å². The van der Waals surface area contributed by atoms with Crippen LogP contribution in [0.3, 0.4) is 0 Å². The van der Waals surface area contributed by atoms with Crippen molar-refractivity contribution < 1.29 is 56.9 Å². The first-order valence-electron chi connectivity index (χ1n) is 15.9. The summed E-state index contributed by atoms with van der Waals surface area (Å²) in [5.41, 5.74) is 5.72. The highest BCUT2D eigenvalue weighted by Gasteiger charge is 2.25. The standard InChI is InChI=1S/C34H27N9O13S2/c1-16-10-20(7-8-22(16)39-37-18-4-2-17(3-5-18)34(48)49)38-41-24-13-26(57(52)53)21-12-27(58(54)55)32(33(47)30(21)31(24)35)42-40-23-9-6-19(11-25(23)43(50)51)36-28(44)14-56-15-29(45)46/h2-13,47H,14-15,35H2,1H3,(H,36,44)(H,45,46)(H,48,49)(H,52,53)(H,54,55). The van der Waals surface area contributed by atoms with Gasteiger partial charge in [-0.05, 0) is 79.2 Å². The van der Waals surface area contributed by atoms with Crippen molar-refractivity contribution in [3.8, 4) is 5.75 Å². The first kappa shape index (κ1) is 41.9. The molecule has 0 spiro atoms. The van der Waals surface area contributed by atoms with Crippen molar-refractivity contribution in [3.05, 3.63) is 94.0 Å². The number of aromatic carboxylic acids is 1. The highest BCUT2D eigenvalue weighted by molar-refractivity contribution is 7.80. The number of phenolic OH excluding ortho intramolecular Hbond substituents is 1. The quantitative estimate of drug-likeness (QED) is 0.0177. The molecule has 0 saturated carbocycles. The van der Waals surface area contributed by atoms with E-state index in [0.29, 0.717) is 16.9 Å². The minimum atomic E-state index is -2.92. The van der Waals surface area contributed by atoms with Crippen molar-refractivity contribution in [1.29, 1.82) is 0 Å². The Hall–Kier alpha value is -7.25. The number of hydrogen-bond acceptors (Lipinski definition) is 16. The van der Waals surface area contributed by atoms with E-state index in [4.69, 9.17) is 15.9 Å². The van der Waals surface area contributed by atoms with Gasteiger partial charge < -0.3 is 40.2 Å². The molecule has 0 radical (unpaired) electrons. The van der Waals surface area contributed by atoms with Gasteiger partial charge >= 0.3 is 11.9 Å². The minimum absolute atomic E-state index is 0.0879. The van der Waals surface area contributed by atoms with Crippen molar-refractivity contribution in [2.24, 2.45) is 30.7 Å². The number of fused-ring (bicyclic) bond motifs is 1. The molecule has 0 aliphatic carbocycles. The van der Waals surface area contributed by atoms with E-state index in [1.165, 1.54) is 36.4 Å². The normalized spacial score (nSPS) is 12.7. The monoisotopic (exact) mass is 833 g/mol. The zero-order valence-electron chi connectivity index (χ0n) is 29.4. The van der Waals surface area contributed by atoms with Crippen molar-refractivity contribution in [3.63, 3.8) is 0 Å². The van der Waals surface area contributed by atoms with Crippen molar-refractivity contribution in [1.82, 2.24) is 0 Å². The maximum atomic E-state index is 12.5. The van der Waals surface area contributed by atoms with Gasteiger partial charge in [0.1, 0.15) is 24.6 Å². The summed E-state index contributed by atoms with van der Waals surface area (Å²) in [4.78, 5) is 43.7. The van der Waals surface area contributed by atoms with Crippen molar-refractivity contribution >= 4 is 102 Å². The van der Waals surface area contributed by atoms with E-state index in [9.17, 15) is 47.1 Å². The molecule has 58 heavy (non-hydrogen) atoms. The molecule has 0 saturated heterocycles. The smallest absolute Gasteiger partial charge is 0.335 e. The molecule has 0 aliphatic rings. The highest BCUT2D eigenvalue weighted by Crippen LogP contribution is 2.48. The maximum Gasteiger partial charge on any atom is 0.335 e. The fourth-order valence-corrected chi connectivity index (χ4v) is 6.12. The third-order valence-electron chi connectivity index (χ3n) is 7.71. The largest absolute Gasteiger partial charge is 0.505 e. The lowest BCUT2D eigenvalue weighted by atomic mass is 10.0. The number of carbonyl (C=O) groups excluding carboxylic acids is 1. The van der Waals surface area contributed by atoms with Crippen LogP contribution < -0.4 is 11.1 Å². The number of ether oxygens (including phenoxy) is 1. The van der Waals surface area contributed by atoms with Crippen molar-refractivity contribution in [2.75, 3.05) is 24.3 Å². The number of aliphatic carboxylic acids is 1. The Bertz CT molecular complexity index is 2640. The van der Waals surface area contributed by atoms with Crippen LogP contribution in [-0.2, 0) is 36.5 Å². The molecular formula is C34H27N9O13S2. The number of benzene rings is 5. The van der Waals surface area contributed by atoms with Crippen LogP contribution in [0.25, 0.3) is 10.8 Å². The molecule has 5 aromatic carbocycles. The molecular weight excluding hydrogens is 807 g/mol. The van der Waals surface area contributed by atoms with Crippen LogP contribution in [0.4, 0.5) is 51.2 Å². The number of nitro benzene ring substituents is 1. The van der Waals surface area contributed by atoms with E-state index < -0.39 is 90.7 Å².